The predicted octanol–water partition coefficient (Wildman–Crippen LogP) is 2.61. The number of benzene rings is 1. The van der Waals surface area contributed by atoms with Crippen molar-refractivity contribution in [2.75, 3.05) is 42.5 Å². The van der Waals surface area contributed by atoms with Gasteiger partial charge in [0.15, 0.2) is 0 Å². The number of hydrogen-bond donors (Lipinski definition) is 0. The fourth-order valence-corrected chi connectivity index (χ4v) is 3.90. The minimum atomic E-state index is -4.38. The van der Waals surface area contributed by atoms with Crippen LogP contribution in [0.4, 0.5) is 24.7 Å². The molecule has 30 heavy (non-hydrogen) atoms. The van der Waals surface area contributed by atoms with Gasteiger partial charge in [-0.2, -0.15) is 13.2 Å². The fourth-order valence-electron chi connectivity index (χ4n) is 3.90. The van der Waals surface area contributed by atoms with Crippen molar-refractivity contribution in [1.82, 2.24) is 4.90 Å². The lowest BCUT2D eigenvalue weighted by atomic mass is 10.1. The number of aromatic nitrogens is 1. The summed E-state index contributed by atoms with van der Waals surface area (Å²) in [5.41, 5.74) is 0.416. The van der Waals surface area contributed by atoms with E-state index in [0.29, 0.717) is 56.2 Å². The summed E-state index contributed by atoms with van der Waals surface area (Å²) in [6.45, 7) is 2.49. The molecule has 158 valence electrons. The molecule has 1 aromatic carbocycles. The van der Waals surface area contributed by atoms with Crippen LogP contribution in [0, 0.1) is 0 Å². The van der Waals surface area contributed by atoms with Crippen LogP contribution >= 0.6 is 0 Å². The summed E-state index contributed by atoms with van der Waals surface area (Å²) in [5.74, 6) is 0.470. The highest BCUT2D eigenvalue weighted by Gasteiger charge is 2.33. The SMILES string of the molecule is O=C(c1ccccc1N1CCCC1=O)N1CCN(c2ccc(C(F)(F)F)c[nH+]2)CC1. The number of rotatable bonds is 3. The molecule has 2 fully saturated rings. The van der Waals surface area contributed by atoms with Crippen molar-refractivity contribution in [3.8, 4) is 0 Å². The molecule has 1 aromatic heterocycles. The molecule has 4 rings (SSSR count). The standard InChI is InChI=1S/C21H21F3N4O2/c22-21(23,24)15-7-8-18(25-14-15)26-10-12-27(13-11-26)20(30)16-4-1-2-5-17(16)28-9-3-6-19(28)29/h1-2,4-5,7-8,14H,3,6,9-13H2/p+1. The molecular weight excluding hydrogens is 397 g/mol. The number of anilines is 2. The first-order valence-corrected chi connectivity index (χ1v) is 9.87. The third kappa shape index (κ3) is 3.96. The van der Waals surface area contributed by atoms with E-state index in [1.54, 1.807) is 28.0 Å². The highest BCUT2D eigenvalue weighted by molar-refractivity contribution is 6.05. The zero-order valence-electron chi connectivity index (χ0n) is 16.3. The van der Waals surface area contributed by atoms with Gasteiger partial charge in [0, 0.05) is 19.0 Å². The Morgan fingerprint density at radius 3 is 2.30 bits per heavy atom. The second-order valence-corrected chi connectivity index (χ2v) is 7.41. The van der Waals surface area contributed by atoms with Crippen molar-refractivity contribution in [3.63, 3.8) is 0 Å². The van der Waals surface area contributed by atoms with E-state index >= 15 is 0 Å². The third-order valence-corrected chi connectivity index (χ3v) is 5.53. The number of nitrogens with zero attached hydrogens (tertiary/aromatic N) is 3. The van der Waals surface area contributed by atoms with Crippen LogP contribution < -0.4 is 14.8 Å². The molecular formula is C21H22F3N4O2+. The fraction of sp³-hybridized carbons (Fsp3) is 0.381. The van der Waals surface area contributed by atoms with E-state index in [2.05, 4.69) is 4.98 Å². The van der Waals surface area contributed by atoms with Crippen LogP contribution in [-0.4, -0.2) is 49.4 Å². The predicted molar refractivity (Wildman–Crippen MR) is 104 cm³/mol. The van der Waals surface area contributed by atoms with Crippen LogP contribution in [0.5, 0.6) is 0 Å². The molecule has 2 saturated heterocycles. The highest BCUT2D eigenvalue weighted by Crippen LogP contribution is 2.29. The van der Waals surface area contributed by atoms with Crippen molar-refractivity contribution in [3.05, 3.63) is 53.7 Å². The zero-order valence-corrected chi connectivity index (χ0v) is 16.3. The molecule has 0 bridgehead atoms. The molecule has 3 heterocycles. The maximum absolute atomic E-state index is 13.1. The van der Waals surface area contributed by atoms with Crippen molar-refractivity contribution < 1.29 is 27.7 Å². The summed E-state index contributed by atoms with van der Waals surface area (Å²) >= 11 is 0. The molecule has 0 atom stereocenters. The Hall–Kier alpha value is -3.10. The van der Waals surface area contributed by atoms with E-state index in [1.807, 2.05) is 11.0 Å². The van der Waals surface area contributed by atoms with Crippen molar-refractivity contribution >= 4 is 23.3 Å². The average Bonchev–Trinajstić information content (AvgIpc) is 3.18. The molecule has 6 nitrogen and oxygen atoms in total. The smallest absolute Gasteiger partial charge is 0.331 e. The topological polar surface area (TPSA) is 58.0 Å². The lowest BCUT2D eigenvalue weighted by Gasteiger charge is -2.32. The van der Waals surface area contributed by atoms with Gasteiger partial charge in [-0.05, 0) is 24.6 Å². The number of pyridine rings is 1. The van der Waals surface area contributed by atoms with Crippen LogP contribution in [0.25, 0.3) is 0 Å². The largest absolute Gasteiger partial charge is 0.419 e. The van der Waals surface area contributed by atoms with E-state index < -0.39 is 11.7 Å². The number of carbonyl (C=O) groups is 2. The normalized spacial score (nSPS) is 17.6. The Bertz CT molecular complexity index is 938. The van der Waals surface area contributed by atoms with E-state index in [-0.39, 0.29) is 11.8 Å². The third-order valence-electron chi connectivity index (χ3n) is 5.53. The van der Waals surface area contributed by atoms with Crippen LogP contribution in [0.2, 0.25) is 0 Å². The van der Waals surface area contributed by atoms with Gasteiger partial charge < -0.3 is 9.80 Å². The Kier molecular flexibility index (Phi) is 5.36. The van der Waals surface area contributed by atoms with E-state index in [0.717, 1.165) is 18.7 Å². The first-order valence-electron chi connectivity index (χ1n) is 9.87. The van der Waals surface area contributed by atoms with Gasteiger partial charge in [-0.3, -0.25) is 14.5 Å². The maximum atomic E-state index is 13.1. The molecule has 0 spiro atoms. The van der Waals surface area contributed by atoms with Gasteiger partial charge in [0.2, 0.25) is 5.91 Å². The number of para-hydroxylation sites is 1. The van der Waals surface area contributed by atoms with Crippen LogP contribution in [0.15, 0.2) is 42.6 Å². The molecule has 2 aliphatic rings. The van der Waals surface area contributed by atoms with Crippen LogP contribution in [0.3, 0.4) is 0 Å². The number of hydrogen-bond acceptors (Lipinski definition) is 3. The van der Waals surface area contributed by atoms with Gasteiger partial charge in [-0.25, -0.2) is 4.98 Å². The molecule has 2 aromatic rings. The molecule has 2 aliphatic heterocycles. The maximum Gasteiger partial charge on any atom is 0.419 e. The van der Waals surface area contributed by atoms with Gasteiger partial charge >= 0.3 is 6.18 Å². The van der Waals surface area contributed by atoms with Crippen LogP contribution in [-0.2, 0) is 11.0 Å². The lowest BCUT2D eigenvalue weighted by Crippen LogP contribution is -2.50. The van der Waals surface area contributed by atoms with Crippen LogP contribution in [0.1, 0.15) is 28.8 Å². The van der Waals surface area contributed by atoms with Crippen molar-refractivity contribution in [2.24, 2.45) is 0 Å². The summed E-state index contributed by atoms with van der Waals surface area (Å²) in [5, 5.41) is 0. The quantitative estimate of drug-likeness (QED) is 0.769. The monoisotopic (exact) mass is 419 g/mol. The van der Waals surface area contributed by atoms with E-state index in [4.69, 9.17) is 0 Å². The van der Waals surface area contributed by atoms with E-state index in [9.17, 15) is 22.8 Å². The second kappa shape index (κ2) is 7.97. The summed E-state index contributed by atoms with van der Waals surface area (Å²) < 4.78 is 38.2. The molecule has 1 N–H and O–H groups in total. The van der Waals surface area contributed by atoms with E-state index in [1.165, 1.54) is 6.07 Å². The Balaban J connectivity index is 1.44. The number of alkyl halides is 3. The van der Waals surface area contributed by atoms with Gasteiger partial charge in [0.05, 0.1) is 29.9 Å². The summed E-state index contributed by atoms with van der Waals surface area (Å²) in [6, 6.07) is 9.59. The van der Waals surface area contributed by atoms with Gasteiger partial charge in [0.25, 0.3) is 11.7 Å². The molecule has 9 heteroatoms. The number of aromatic amines is 1. The first-order chi connectivity index (χ1) is 14.3. The summed E-state index contributed by atoms with van der Waals surface area (Å²) in [6.07, 6.45) is -2.16. The highest BCUT2D eigenvalue weighted by atomic mass is 19.4. The number of carbonyl (C=O) groups excluding carboxylic acids is 2. The zero-order chi connectivity index (χ0) is 21.3. The Morgan fingerprint density at radius 1 is 0.967 bits per heavy atom. The summed E-state index contributed by atoms with van der Waals surface area (Å²) in [7, 11) is 0. The number of H-pyrrole nitrogens is 1. The minimum Gasteiger partial charge on any atom is -0.331 e. The number of nitrogens with one attached hydrogen (secondary N) is 1. The minimum absolute atomic E-state index is 0.0258. The van der Waals surface area contributed by atoms with Gasteiger partial charge in [-0.1, -0.05) is 12.1 Å². The van der Waals surface area contributed by atoms with Crippen molar-refractivity contribution in [2.45, 2.75) is 19.0 Å². The summed E-state index contributed by atoms with van der Waals surface area (Å²) in [4.78, 5) is 33.3. The molecule has 0 aliphatic carbocycles. The van der Waals surface area contributed by atoms with Gasteiger partial charge in [-0.15, -0.1) is 0 Å². The average molecular weight is 419 g/mol. The molecule has 0 unspecified atom stereocenters. The lowest BCUT2D eigenvalue weighted by molar-refractivity contribution is -0.367. The Labute approximate surface area is 171 Å². The van der Waals surface area contributed by atoms with Gasteiger partial charge in [0.1, 0.15) is 19.3 Å². The number of halogens is 3. The number of amides is 2. The Morgan fingerprint density at radius 2 is 1.70 bits per heavy atom. The number of piperazine rings is 1. The van der Waals surface area contributed by atoms with Crippen molar-refractivity contribution in [1.29, 1.82) is 0 Å². The molecule has 0 saturated carbocycles. The first kappa shape index (κ1) is 20.2. The second-order valence-electron chi connectivity index (χ2n) is 7.41. The molecule has 2 amide bonds. The molecule has 0 radical (unpaired) electrons.